The Morgan fingerprint density at radius 2 is 2.08 bits per heavy atom. The van der Waals surface area contributed by atoms with E-state index in [-0.39, 0.29) is 17.7 Å². The van der Waals surface area contributed by atoms with Crippen LogP contribution in [0.4, 0.5) is 5.69 Å². The first kappa shape index (κ1) is 17.5. The molecule has 0 spiro atoms. The molecule has 1 atom stereocenters. The Hall–Kier alpha value is -2.34. The molecular weight excluding hydrogens is 336 g/mol. The maximum Gasteiger partial charge on any atom is 0.263 e. The highest BCUT2D eigenvalue weighted by atomic mass is 32.1. The van der Waals surface area contributed by atoms with Crippen LogP contribution in [0.2, 0.25) is 0 Å². The Labute approximate surface area is 151 Å². The third-order valence-electron chi connectivity index (χ3n) is 4.41. The number of methoxy groups -OCH3 is 1. The maximum atomic E-state index is 12.6. The molecule has 1 aliphatic rings. The molecule has 2 aromatic rings. The minimum absolute atomic E-state index is 0.0191. The number of thiophene rings is 1. The Morgan fingerprint density at radius 3 is 2.80 bits per heavy atom. The molecule has 132 valence electrons. The Morgan fingerprint density at radius 1 is 1.28 bits per heavy atom. The highest BCUT2D eigenvalue weighted by Gasteiger charge is 2.27. The number of carbonyl (C=O) groups is 2. The van der Waals surface area contributed by atoms with Gasteiger partial charge in [-0.05, 0) is 43.0 Å². The summed E-state index contributed by atoms with van der Waals surface area (Å²) in [5, 5.41) is 2.97. The van der Waals surface area contributed by atoms with Crippen molar-refractivity contribution in [1.29, 1.82) is 0 Å². The van der Waals surface area contributed by atoms with E-state index in [9.17, 15) is 9.59 Å². The molecule has 0 aliphatic heterocycles. The van der Waals surface area contributed by atoms with Crippen molar-refractivity contribution < 1.29 is 14.3 Å². The largest absolute Gasteiger partial charge is 0.497 e. The molecule has 3 rings (SSSR count). The molecule has 0 bridgehead atoms. The number of ether oxygens (including phenoxy) is 1. The number of nitrogens with one attached hydrogen (secondary N) is 1. The van der Waals surface area contributed by atoms with Gasteiger partial charge in [0, 0.05) is 36.6 Å². The SMILES string of the molecule is COc1cccc(NC(=O)[C@H]2CCc3sc(C(=O)N(C)C)cc3C2)c1. The van der Waals surface area contributed by atoms with Gasteiger partial charge in [-0.3, -0.25) is 9.59 Å². The zero-order valence-electron chi connectivity index (χ0n) is 14.7. The van der Waals surface area contributed by atoms with E-state index >= 15 is 0 Å². The summed E-state index contributed by atoms with van der Waals surface area (Å²) in [5.41, 5.74) is 1.87. The van der Waals surface area contributed by atoms with Gasteiger partial charge in [-0.15, -0.1) is 11.3 Å². The fraction of sp³-hybridized carbons (Fsp3) is 0.368. The molecule has 1 N–H and O–H groups in total. The average Bonchev–Trinajstić information content (AvgIpc) is 3.04. The normalized spacial score (nSPS) is 16.0. The molecule has 1 aliphatic carbocycles. The molecule has 2 amide bonds. The lowest BCUT2D eigenvalue weighted by molar-refractivity contribution is -0.120. The van der Waals surface area contributed by atoms with Crippen LogP contribution in [0.15, 0.2) is 30.3 Å². The number of rotatable bonds is 4. The van der Waals surface area contributed by atoms with Gasteiger partial charge in [0.25, 0.3) is 5.91 Å². The van der Waals surface area contributed by atoms with Gasteiger partial charge in [0.2, 0.25) is 5.91 Å². The predicted octanol–water partition coefficient (Wildman–Crippen LogP) is 3.20. The molecule has 0 fully saturated rings. The lowest BCUT2D eigenvalue weighted by atomic mass is 9.87. The molecule has 6 heteroatoms. The predicted molar refractivity (Wildman–Crippen MR) is 99.5 cm³/mol. The third kappa shape index (κ3) is 3.85. The van der Waals surface area contributed by atoms with Gasteiger partial charge in [0.05, 0.1) is 12.0 Å². The number of amides is 2. The van der Waals surface area contributed by atoms with Crippen molar-refractivity contribution in [2.24, 2.45) is 5.92 Å². The van der Waals surface area contributed by atoms with Gasteiger partial charge in [-0.2, -0.15) is 0 Å². The third-order valence-corrected chi connectivity index (χ3v) is 5.63. The fourth-order valence-electron chi connectivity index (χ4n) is 3.02. The average molecular weight is 358 g/mol. The van der Waals surface area contributed by atoms with Gasteiger partial charge < -0.3 is 15.0 Å². The van der Waals surface area contributed by atoms with Crippen LogP contribution in [0.25, 0.3) is 0 Å². The summed E-state index contributed by atoms with van der Waals surface area (Å²) in [6.07, 6.45) is 2.33. The highest BCUT2D eigenvalue weighted by Crippen LogP contribution is 2.33. The van der Waals surface area contributed by atoms with Crippen molar-refractivity contribution in [2.45, 2.75) is 19.3 Å². The second-order valence-corrected chi connectivity index (χ2v) is 7.56. The van der Waals surface area contributed by atoms with Crippen molar-refractivity contribution in [3.05, 3.63) is 45.6 Å². The van der Waals surface area contributed by atoms with Crippen molar-refractivity contribution in [2.75, 3.05) is 26.5 Å². The van der Waals surface area contributed by atoms with E-state index in [1.54, 1.807) is 37.4 Å². The standard InChI is InChI=1S/C19H22N2O3S/c1-21(2)19(23)17-10-13-9-12(7-8-16(13)25-17)18(22)20-14-5-4-6-15(11-14)24-3/h4-6,10-12H,7-9H2,1-3H3,(H,20,22)/t12-/m0/s1. The molecule has 0 radical (unpaired) electrons. The number of benzene rings is 1. The summed E-state index contributed by atoms with van der Waals surface area (Å²) < 4.78 is 5.19. The number of fused-ring (bicyclic) bond motifs is 1. The van der Waals surface area contributed by atoms with Crippen LogP contribution in [-0.2, 0) is 17.6 Å². The van der Waals surface area contributed by atoms with Crippen molar-refractivity contribution >= 4 is 28.8 Å². The Bertz CT molecular complexity index is 798. The van der Waals surface area contributed by atoms with Gasteiger partial charge in [0.1, 0.15) is 5.75 Å². The molecule has 1 heterocycles. The number of anilines is 1. The number of nitrogens with zero attached hydrogens (tertiary/aromatic N) is 1. The van der Waals surface area contributed by atoms with Crippen LogP contribution in [-0.4, -0.2) is 37.9 Å². The zero-order valence-corrected chi connectivity index (χ0v) is 15.5. The van der Waals surface area contributed by atoms with Crippen LogP contribution in [0.3, 0.4) is 0 Å². The van der Waals surface area contributed by atoms with E-state index in [1.807, 2.05) is 30.3 Å². The highest BCUT2D eigenvalue weighted by molar-refractivity contribution is 7.14. The number of hydrogen-bond acceptors (Lipinski definition) is 4. The van der Waals surface area contributed by atoms with Gasteiger partial charge in [0.15, 0.2) is 0 Å². The molecule has 5 nitrogen and oxygen atoms in total. The summed E-state index contributed by atoms with van der Waals surface area (Å²) in [6.45, 7) is 0. The number of hydrogen-bond donors (Lipinski definition) is 1. The summed E-state index contributed by atoms with van der Waals surface area (Å²) in [7, 11) is 5.11. The first-order valence-electron chi connectivity index (χ1n) is 8.26. The molecule has 0 saturated heterocycles. The number of aryl methyl sites for hydroxylation is 1. The van der Waals surface area contributed by atoms with Crippen LogP contribution >= 0.6 is 11.3 Å². The summed E-state index contributed by atoms with van der Waals surface area (Å²) in [6, 6.07) is 9.31. The molecule has 25 heavy (non-hydrogen) atoms. The van der Waals surface area contributed by atoms with E-state index < -0.39 is 0 Å². The maximum absolute atomic E-state index is 12.6. The molecule has 0 unspecified atom stereocenters. The Kier molecular flexibility index (Phi) is 5.08. The minimum atomic E-state index is -0.0735. The van der Waals surface area contributed by atoms with Crippen LogP contribution in [0.1, 0.15) is 26.5 Å². The molecular formula is C19H22N2O3S. The van der Waals surface area contributed by atoms with Crippen LogP contribution < -0.4 is 10.1 Å². The molecule has 1 aromatic heterocycles. The smallest absolute Gasteiger partial charge is 0.263 e. The molecule has 1 aromatic carbocycles. The zero-order chi connectivity index (χ0) is 18.0. The minimum Gasteiger partial charge on any atom is -0.497 e. The van der Waals surface area contributed by atoms with E-state index in [0.717, 1.165) is 29.0 Å². The second kappa shape index (κ2) is 7.27. The van der Waals surface area contributed by atoms with E-state index in [2.05, 4.69) is 5.32 Å². The second-order valence-electron chi connectivity index (χ2n) is 6.42. The summed E-state index contributed by atoms with van der Waals surface area (Å²) in [5.74, 6) is 0.686. The summed E-state index contributed by atoms with van der Waals surface area (Å²) >= 11 is 1.55. The van der Waals surface area contributed by atoms with Gasteiger partial charge in [-0.1, -0.05) is 6.07 Å². The van der Waals surface area contributed by atoms with E-state index in [1.165, 1.54) is 4.88 Å². The fourth-order valence-corrected chi connectivity index (χ4v) is 4.25. The van der Waals surface area contributed by atoms with Crippen LogP contribution in [0, 0.1) is 5.92 Å². The van der Waals surface area contributed by atoms with Crippen molar-refractivity contribution in [1.82, 2.24) is 4.90 Å². The lowest BCUT2D eigenvalue weighted by Gasteiger charge is -2.21. The first-order chi connectivity index (χ1) is 12.0. The summed E-state index contributed by atoms with van der Waals surface area (Å²) in [4.78, 5) is 28.3. The van der Waals surface area contributed by atoms with Crippen molar-refractivity contribution in [3.8, 4) is 5.75 Å². The van der Waals surface area contributed by atoms with Crippen LogP contribution in [0.5, 0.6) is 5.75 Å². The van der Waals surface area contributed by atoms with Gasteiger partial charge >= 0.3 is 0 Å². The topological polar surface area (TPSA) is 58.6 Å². The quantitative estimate of drug-likeness (QED) is 0.913. The monoisotopic (exact) mass is 358 g/mol. The van der Waals surface area contributed by atoms with Gasteiger partial charge in [-0.25, -0.2) is 0 Å². The van der Waals surface area contributed by atoms with E-state index in [0.29, 0.717) is 12.2 Å². The van der Waals surface area contributed by atoms with Crippen molar-refractivity contribution in [3.63, 3.8) is 0 Å². The lowest BCUT2D eigenvalue weighted by Crippen LogP contribution is -2.27. The molecule has 0 saturated carbocycles. The first-order valence-corrected chi connectivity index (χ1v) is 9.07. The number of carbonyl (C=O) groups excluding carboxylic acids is 2. The van der Waals surface area contributed by atoms with E-state index in [4.69, 9.17) is 4.74 Å². The Balaban J connectivity index is 1.69.